The van der Waals surface area contributed by atoms with Crippen molar-refractivity contribution in [3.8, 4) is 0 Å². The fourth-order valence-electron chi connectivity index (χ4n) is 3.43. The molecular weight excluding hydrogens is 382 g/mol. The van der Waals surface area contributed by atoms with Gasteiger partial charge in [-0.1, -0.05) is 66.2 Å². The largest absolute Gasteiger partial charge is 0.294 e. The summed E-state index contributed by atoms with van der Waals surface area (Å²) in [7, 11) is 0. The van der Waals surface area contributed by atoms with Crippen LogP contribution in [0.3, 0.4) is 0 Å². The van der Waals surface area contributed by atoms with E-state index < -0.39 is 0 Å². The summed E-state index contributed by atoms with van der Waals surface area (Å²) in [4.78, 5) is 25.7. The first kappa shape index (κ1) is 19.0. The zero-order valence-electron chi connectivity index (χ0n) is 15.7. The molecule has 1 aromatic heterocycles. The van der Waals surface area contributed by atoms with Gasteiger partial charge in [0.05, 0.1) is 6.42 Å². The van der Waals surface area contributed by atoms with Crippen LogP contribution in [0.1, 0.15) is 26.4 Å². The Hall–Kier alpha value is -3.30. The summed E-state index contributed by atoms with van der Waals surface area (Å²) >= 11 is 6.04. The molecule has 0 amide bonds. The molecule has 0 aliphatic heterocycles. The van der Waals surface area contributed by atoms with Gasteiger partial charge < -0.3 is 0 Å². The van der Waals surface area contributed by atoms with Crippen molar-refractivity contribution in [2.45, 2.75) is 13.0 Å². The van der Waals surface area contributed by atoms with Gasteiger partial charge in [0.15, 0.2) is 11.5 Å². The Morgan fingerprint density at radius 2 is 1.45 bits per heavy atom. The first-order chi connectivity index (χ1) is 14.1. The third-order valence-electron chi connectivity index (χ3n) is 4.92. The van der Waals surface area contributed by atoms with Gasteiger partial charge in [-0.05, 0) is 24.3 Å². The van der Waals surface area contributed by atoms with Crippen LogP contribution in [0.5, 0.6) is 0 Å². The molecule has 0 radical (unpaired) electrons. The van der Waals surface area contributed by atoms with E-state index in [1.54, 1.807) is 24.3 Å². The summed E-state index contributed by atoms with van der Waals surface area (Å²) in [5.74, 6) is -0.0351. The van der Waals surface area contributed by atoms with Crippen LogP contribution in [-0.4, -0.2) is 11.6 Å². The second-order valence-electron chi connectivity index (χ2n) is 6.87. The molecule has 0 saturated carbocycles. The number of fused-ring (bicyclic) bond motifs is 1. The zero-order chi connectivity index (χ0) is 20.2. The molecule has 0 aliphatic carbocycles. The van der Waals surface area contributed by atoms with Crippen molar-refractivity contribution in [3.05, 3.63) is 113 Å². The number of pyridine rings is 1. The van der Waals surface area contributed by atoms with Crippen LogP contribution in [0.2, 0.25) is 5.02 Å². The van der Waals surface area contributed by atoms with E-state index in [9.17, 15) is 9.59 Å². The van der Waals surface area contributed by atoms with Crippen molar-refractivity contribution >= 4 is 34.1 Å². The molecule has 0 atom stereocenters. The van der Waals surface area contributed by atoms with E-state index >= 15 is 0 Å². The number of halogens is 1. The summed E-state index contributed by atoms with van der Waals surface area (Å²) in [5.41, 5.74) is 2.93. The maximum atomic E-state index is 12.9. The van der Waals surface area contributed by atoms with E-state index in [1.807, 2.05) is 71.3 Å². The minimum Gasteiger partial charge on any atom is -0.294 e. The van der Waals surface area contributed by atoms with Gasteiger partial charge in [0.25, 0.3) is 0 Å². The number of ketones is 2. The van der Waals surface area contributed by atoms with Crippen molar-refractivity contribution in [1.29, 1.82) is 0 Å². The molecule has 0 aliphatic rings. The number of hydrogen-bond donors (Lipinski definition) is 0. The van der Waals surface area contributed by atoms with Gasteiger partial charge in [-0.25, -0.2) is 0 Å². The third kappa shape index (κ3) is 4.25. The number of rotatable bonds is 6. The molecule has 4 heteroatoms. The van der Waals surface area contributed by atoms with Crippen LogP contribution < -0.4 is 4.57 Å². The monoisotopic (exact) mass is 400 g/mol. The molecule has 3 nitrogen and oxygen atoms in total. The molecule has 0 fully saturated rings. The average molecular weight is 401 g/mol. The number of Topliss-reactive ketones (excluding diaryl/α,β-unsaturated/α-hetero) is 2. The van der Waals surface area contributed by atoms with Gasteiger partial charge in [0.1, 0.15) is 0 Å². The fourth-order valence-corrected chi connectivity index (χ4v) is 3.62. The van der Waals surface area contributed by atoms with E-state index in [1.165, 1.54) is 0 Å². The van der Waals surface area contributed by atoms with Gasteiger partial charge in [-0.15, -0.1) is 0 Å². The van der Waals surface area contributed by atoms with E-state index in [4.69, 9.17) is 11.6 Å². The Bertz CT molecular complexity index is 1200. The van der Waals surface area contributed by atoms with E-state index in [0.29, 0.717) is 16.1 Å². The first-order valence-corrected chi connectivity index (χ1v) is 9.77. The van der Waals surface area contributed by atoms with Crippen molar-refractivity contribution in [2.75, 3.05) is 0 Å². The minimum atomic E-state index is -0.0382. The lowest BCUT2D eigenvalue weighted by atomic mass is 10.0. The maximum Gasteiger partial charge on any atom is 0.227 e. The van der Waals surface area contributed by atoms with E-state index in [2.05, 4.69) is 0 Å². The molecule has 4 rings (SSSR count). The van der Waals surface area contributed by atoms with Crippen LogP contribution in [0, 0.1) is 0 Å². The molecule has 1 heterocycles. The number of hydrogen-bond acceptors (Lipinski definition) is 2. The Morgan fingerprint density at radius 1 is 0.724 bits per heavy atom. The van der Waals surface area contributed by atoms with Crippen molar-refractivity contribution < 1.29 is 14.2 Å². The lowest BCUT2D eigenvalue weighted by Gasteiger charge is -2.08. The molecule has 29 heavy (non-hydrogen) atoms. The lowest BCUT2D eigenvalue weighted by molar-refractivity contribution is -0.664. The minimum absolute atomic E-state index is 0.00316. The number of nitrogens with zero attached hydrogens (tertiary/aromatic N) is 1. The van der Waals surface area contributed by atoms with Crippen LogP contribution in [0.15, 0.2) is 91.0 Å². The highest BCUT2D eigenvalue weighted by atomic mass is 35.5. The molecule has 0 N–H and O–H groups in total. The molecule has 0 saturated heterocycles. The number of para-hydroxylation sites is 1. The van der Waals surface area contributed by atoms with Crippen molar-refractivity contribution in [2.24, 2.45) is 0 Å². The standard InChI is InChI=1S/C25H19ClNO2/c26-21-11-6-10-20(15-21)24(28)16-22-14-13-18-7-4-5-12-23(18)27(22)17-25(29)19-8-2-1-3-9-19/h1-15H,16-17H2/q+1. The third-order valence-corrected chi connectivity index (χ3v) is 5.15. The molecule has 0 spiro atoms. The van der Waals surface area contributed by atoms with Gasteiger partial charge >= 0.3 is 0 Å². The second-order valence-corrected chi connectivity index (χ2v) is 7.31. The van der Waals surface area contributed by atoms with Crippen LogP contribution in [-0.2, 0) is 13.0 Å². The highest BCUT2D eigenvalue weighted by Gasteiger charge is 2.22. The van der Waals surface area contributed by atoms with E-state index in [0.717, 1.165) is 16.6 Å². The first-order valence-electron chi connectivity index (χ1n) is 9.39. The quantitative estimate of drug-likeness (QED) is 0.334. The van der Waals surface area contributed by atoms with Gasteiger partial charge in [0, 0.05) is 33.7 Å². The van der Waals surface area contributed by atoms with Crippen LogP contribution in [0.4, 0.5) is 0 Å². The van der Waals surface area contributed by atoms with Crippen molar-refractivity contribution in [3.63, 3.8) is 0 Å². The van der Waals surface area contributed by atoms with E-state index in [-0.39, 0.29) is 24.5 Å². The van der Waals surface area contributed by atoms with Gasteiger partial charge in [-0.2, -0.15) is 4.57 Å². The van der Waals surface area contributed by atoms with Crippen LogP contribution in [0.25, 0.3) is 10.9 Å². The van der Waals surface area contributed by atoms with Crippen molar-refractivity contribution in [1.82, 2.24) is 0 Å². The maximum absolute atomic E-state index is 12.9. The number of benzene rings is 3. The van der Waals surface area contributed by atoms with Gasteiger partial charge in [0.2, 0.25) is 17.8 Å². The predicted molar refractivity (Wildman–Crippen MR) is 114 cm³/mol. The Labute approximate surface area is 174 Å². The fraction of sp³-hybridized carbons (Fsp3) is 0.0800. The average Bonchev–Trinajstić information content (AvgIpc) is 2.76. The number of carbonyl (C=O) groups excluding carboxylic acids is 2. The van der Waals surface area contributed by atoms with Gasteiger partial charge in [-0.3, -0.25) is 9.59 Å². The summed E-state index contributed by atoms with van der Waals surface area (Å²) < 4.78 is 1.94. The Balaban J connectivity index is 1.73. The number of aromatic nitrogens is 1. The second kappa shape index (κ2) is 8.38. The molecular formula is C25H19ClNO2+. The Kier molecular flexibility index (Phi) is 5.50. The summed E-state index contributed by atoms with van der Waals surface area (Å²) in [6, 6.07) is 27.9. The zero-order valence-corrected chi connectivity index (χ0v) is 16.5. The lowest BCUT2D eigenvalue weighted by Crippen LogP contribution is -2.43. The SMILES string of the molecule is O=C(Cc1ccc2ccccc2[n+]1CC(=O)c1ccccc1)c1cccc(Cl)c1. The molecule has 142 valence electrons. The molecule has 4 aromatic rings. The van der Waals surface area contributed by atoms with Crippen LogP contribution >= 0.6 is 11.6 Å². The summed E-state index contributed by atoms with van der Waals surface area (Å²) in [5, 5.41) is 1.55. The summed E-state index contributed by atoms with van der Waals surface area (Å²) in [6.07, 6.45) is 0.188. The highest BCUT2D eigenvalue weighted by molar-refractivity contribution is 6.31. The number of carbonyl (C=O) groups is 2. The summed E-state index contributed by atoms with van der Waals surface area (Å²) in [6.45, 7) is 0.170. The smallest absolute Gasteiger partial charge is 0.227 e. The Morgan fingerprint density at radius 3 is 2.24 bits per heavy atom. The topological polar surface area (TPSA) is 38.0 Å². The molecule has 3 aromatic carbocycles. The molecule has 0 unspecified atom stereocenters. The normalized spacial score (nSPS) is 10.8. The highest BCUT2D eigenvalue weighted by Crippen LogP contribution is 2.15. The molecule has 0 bridgehead atoms. The predicted octanol–water partition coefficient (Wildman–Crippen LogP) is 5.09.